The lowest BCUT2D eigenvalue weighted by Crippen LogP contribution is -2.32. The molecule has 0 aliphatic carbocycles. The van der Waals surface area contributed by atoms with Gasteiger partial charge < -0.3 is 10.4 Å². The molecule has 112 valence electrons. The molecule has 0 bridgehead atoms. The van der Waals surface area contributed by atoms with Gasteiger partial charge in [0.05, 0.1) is 4.90 Å². The molecule has 0 saturated carbocycles. The molecule has 0 unspecified atom stereocenters. The molecule has 0 amide bonds. The Bertz CT molecular complexity index is 558. The summed E-state index contributed by atoms with van der Waals surface area (Å²) in [6.07, 6.45) is 2.53. The Morgan fingerprint density at radius 2 is 2.20 bits per heavy atom. The first-order chi connectivity index (χ1) is 9.59. The predicted molar refractivity (Wildman–Crippen MR) is 79.4 cm³/mol. The third-order valence-electron chi connectivity index (χ3n) is 3.58. The van der Waals surface area contributed by atoms with Crippen LogP contribution < -0.4 is 5.32 Å². The van der Waals surface area contributed by atoms with E-state index in [9.17, 15) is 8.42 Å². The van der Waals surface area contributed by atoms with E-state index in [-0.39, 0.29) is 6.61 Å². The van der Waals surface area contributed by atoms with Crippen LogP contribution in [0.4, 0.5) is 5.69 Å². The molecule has 1 aliphatic heterocycles. The second-order valence-corrected chi connectivity index (χ2v) is 6.86. The van der Waals surface area contributed by atoms with Crippen molar-refractivity contribution in [3.05, 3.63) is 23.8 Å². The van der Waals surface area contributed by atoms with Gasteiger partial charge in [-0.3, -0.25) is 0 Å². The average Bonchev–Trinajstić information content (AvgIpc) is 2.47. The van der Waals surface area contributed by atoms with Crippen molar-refractivity contribution < 1.29 is 13.5 Å². The molecule has 1 aliphatic rings. The van der Waals surface area contributed by atoms with Crippen LogP contribution in [-0.2, 0) is 16.4 Å². The van der Waals surface area contributed by atoms with Gasteiger partial charge in [-0.15, -0.1) is 0 Å². The standard InChI is InChI=1S/C14H22N2O3S/c1-2-16(9-4-10-17)20(18,19)13-7-6-12-5-3-8-15-14(12)11-13/h6-7,11,15,17H,2-5,8-10H2,1H3. The molecule has 1 aromatic rings. The maximum absolute atomic E-state index is 12.6. The van der Waals surface area contributed by atoms with Crippen molar-refractivity contribution in [2.75, 3.05) is 31.6 Å². The summed E-state index contributed by atoms with van der Waals surface area (Å²) in [5.74, 6) is 0. The maximum Gasteiger partial charge on any atom is 0.243 e. The molecule has 0 saturated heterocycles. The van der Waals surface area contributed by atoms with Crippen molar-refractivity contribution in [1.29, 1.82) is 0 Å². The smallest absolute Gasteiger partial charge is 0.243 e. The molecular formula is C14H22N2O3S. The van der Waals surface area contributed by atoms with E-state index in [1.54, 1.807) is 12.1 Å². The summed E-state index contributed by atoms with van der Waals surface area (Å²) in [4.78, 5) is 0.324. The molecule has 0 spiro atoms. The number of sulfonamides is 1. The summed E-state index contributed by atoms with van der Waals surface area (Å²) < 4.78 is 26.6. The predicted octanol–water partition coefficient (Wildman–Crippen LogP) is 1.44. The summed E-state index contributed by atoms with van der Waals surface area (Å²) in [7, 11) is -3.47. The zero-order chi connectivity index (χ0) is 14.6. The number of hydrogen-bond donors (Lipinski definition) is 2. The zero-order valence-electron chi connectivity index (χ0n) is 11.8. The third-order valence-corrected chi connectivity index (χ3v) is 5.55. The van der Waals surface area contributed by atoms with Gasteiger partial charge in [-0.1, -0.05) is 13.0 Å². The van der Waals surface area contributed by atoms with E-state index in [2.05, 4.69) is 5.32 Å². The van der Waals surface area contributed by atoms with Crippen LogP contribution in [0.15, 0.2) is 23.1 Å². The van der Waals surface area contributed by atoms with Gasteiger partial charge in [0.15, 0.2) is 0 Å². The minimum absolute atomic E-state index is 0.00222. The van der Waals surface area contributed by atoms with Crippen molar-refractivity contribution in [3.63, 3.8) is 0 Å². The summed E-state index contributed by atoms with van der Waals surface area (Å²) in [6, 6.07) is 5.31. The van der Waals surface area contributed by atoms with Crippen LogP contribution in [0.5, 0.6) is 0 Å². The molecule has 1 heterocycles. The van der Waals surface area contributed by atoms with Crippen molar-refractivity contribution in [1.82, 2.24) is 4.31 Å². The second-order valence-electron chi connectivity index (χ2n) is 4.92. The average molecular weight is 298 g/mol. The lowest BCUT2D eigenvalue weighted by Gasteiger charge is -2.22. The molecule has 6 heteroatoms. The Hall–Kier alpha value is -1.11. The number of aliphatic hydroxyl groups is 1. The Kier molecular flexibility index (Phi) is 5.01. The highest BCUT2D eigenvalue weighted by Crippen LogP contribution is 2.26. The van der Waals surface area contributed by atoms with Crippen LogP contribution in [0, 0.1) is 0 Å². The molecule has 2 rings (SSSR count). The minimum atomic E-state index is -3.47. The Balaban J connectivity index is 2.28. The summed E-state index contributed by atoms with van der Waals surface area (Å²) >= 11 is 0. The largest absolute Gasteiger partial charge is 0.396 e. The quantitative estimate of drug-likeness (QED) is 0.834. The molecule has 1 aromatic carbocycles. The fraction of sp³-hybridized carbons (Fsp3) is 0.571. The van der Waals surface area contributed by atoms with E-state index in [1.165, 1.54) is 9.87 Å². The van der Waals surface area contributed by atoms with Crippen molar-refractivity contribution >= 4 is 15.7 Å². The van der Waals surface area contributed by atoms with Crippen molar-refractivity contribution in [2.24, 2.45) is 0 Å². The summed E-state index contributed by atoms with van der Waals surface area (Å²) in [5, 5.41) is 12.1. The first-order valence-corrected chi connectivity index (χ1v) is 8.51. The van der Waals surface area contributed by atoms with Crippen LogP contribution in [0.25, 0.3) is 0 Å². The fourth-order valence-electron chi connectivity index (χ4n) is 2.44. The zero-order valence-corrected chi connectivity index (χ0v) is 12.6. The number of anilines is 1. The molecule has 0 fully saturated rings. The van der Waals surface area contributed by atoms with E-state index in [0.717, 1.165) is 25.1 Å². The lowest BCUT2D eigenvalue weighted by atomic mass is 10.0. The SMILES string of the molecule is CCN(CCCO)S(=O)(=O)c1ccc2c(c1)NCCC2. The van der Waals surface area contributed by atoms with Gasteiger partial charge in [-0.2, -0.15) is 4.31 Å². The molecule has 5 nitrogen and oxygen atoms in total. The molecule has 0 atom stereocenters. The van der Waals surface area contributed by atoms with Gasteiger partial charge in [0.1, 0.15) is 0 Å². The topological polar surface area (TPSA) is 69.6 Å². The molecular weight excluding hydrogens is 276 g/mol. The number of aryl methyl sites for hydroxylation is 1. The fourth-order valence-corrected chi connectivity index (χ4v) is 3.96. The number of hydrogen-bond acceptors (Lipinski definition) is 4. The molecule has 20 heavy (non-hydrogen) atoms. The Morgan fingerprint density at radius 3 is 2.90 bits per heavy atom. The monoisotopic (exact) mass is 298 g/mol. The van der Waals surface area contributed by atoms with E-state index in [1.807, 2.05) is 13.0 Å². The molecule has 0 radical (unpaired) electrons. The van der Waals surface area contributed by atoms with Crippen molar-refractivity contribution in [2.45, 2.75) is 31.1 Å². The number of nitrogens with one attached hydrogen (secondary N) is 1. The Labute approximate surface area is 120 Å². The van der Waals surface area contributed by atoms with Gasteiger partial charge in [-0.05, 0) is 37.0 Å². The summed E-state index contributed by atoms with van der Waals surface area (Å²) in [6.45, 7) is 3.45. The van der Waals surface area contributed by atoms with Gasteiger partial charge in [0.2, 0.25) is 10.0 Å². The van der Waals surface area contributed by atoms with Gasteiger partial charge >= 0.3 is 0 Å². The van der Waals surface area contributed by atoms with Crippen LogP contribution >= 0.6 is 0 Å². The second kappa shape index (κ2) is 6.56. The number of nitrogens with zero attached hydrogens (tertiary/aromatic N) is 1. The van der Waals surface area contributed by atoms with Crippen molar-refractivity contribution in [3.8, 4) is 0 Å². The number of aliphatic hydroxyl groups excluding tert-OH is 1. The number of rotatable bonds is 6. The highest BCUT2D eigenvalue weighted by Gasteiger charge is 2.24. The first kappa shape index (κ1) is 15.3. The minimum Gasteiger partial charge on any atom is -0.396 e. The van der Waals surface area contributed by atoms with E-state index < -0.39 is 10.0 Å². The van der Waals surface area contributed by atoms with Gasteiger partial charge in [-0.25, -0.2) is 8.42 Å². The van der Waals surface area contributed by atoms with Crippen LogP contribution in [0.2, 0.25) is 0 Å². The van der Waals surface area contributed by atoms with Crippen LogP contribution in [0.1, 0.15) is 25.3 Å². The highest BCUT2D eigenvalue weighted by molar-refractivity contribution is 7.89. The van der Waals surface area contributed by atoms with E-state index in [4.69, 9.17) is 5.11 Å². The lowest BCUT2D eigenvalue weighted by molar-refractivity contribution is 0.271. The van der Waals surface area contributed by atoms with E-state index in [0.29, 0.717) is 24.4 Å². The van der Waals surface area contributed by atoms with Crippen LogP contribution in [-0.4, -0.2) is 44.1 Å². The number of fused-ring (bicyclic) bond motifs is 1. The van der Waals surface area contributed by atoms with Crippen LogP contribution in [0.3, 0.4) is 0 Å². The van der Waals surface area contributed by atoms with E-state index >= 15 is 0 Å². The first-order valence-electron chi connectivity index (χ1n) is 7.07. The summed E-state index contributed by atoms with van der Waals surface area (Å²) in [5.41, 5.74) is 2.10. The number of benzene rings is 1. The third kappa shape index (κ3) is 3.13. The van der Waals surface area contributed by atoms with Gasteiger partial charge in [0.25, 0.3) is 0 Å². The Morgan fingerprint density at radius 1 is 1.40 bits per heavy atom. The molecule has 0 aromatic heterocycles. The highest BCUT2D eigenvalue weighted by atomic mass is 32.2. The van der Waals surface area contributed by atoms with Gasteiger partial charge in [0, 0.05) is 31.9 Å². The maximum atomic E-state index is 12.6. The molecule has 2 N–H and O–H groups in total. The normalized spacial score (nSPS) is 14.9.